The molecule has 2 fully saturated rings. The zero-order chi connectivity index (χ0) is 15.8. The lowest BCUT2D eigenvalue weighted by Gasteiger charge is -2.26. The maximum Gasteiger partial charge on any atom is 0.193 e. The van der Waals surface area contributed by atoms with Crippen LogP contribution in [-0.2, 0) is 0 Å². The second-order valence-electron chi connectivity index (χ2n) is 7.09. The van der Waals surface area contributed by atoms with Gasteiger partial charge in [-0.1, -0.05) is 26.7 Å². The average Bonchev–Trinajstić information content (AvgIpc) is 3.17. The number of aliphatic imine (C=N–C) groups is 1. The van der Waals surface area contributed by atoms with Crippen LogP contribution < -0.4 is 5.32 Å². The van der Waals surface area contributed by atoms with Gasteiger partial charge in [-0.3, -0.25) is 4.99 Å². The summed E-state index contributed by atoms with van der Waals surface area (Å²) in [7, 11) is 1.93. The van der Waals surface area contributed by atoms with Gasteiger partial charge in [0.15, 0.2) is 5.96 Å². The SMILES string of the molecule is CCN(CC)CCCCNC(=NC)N1CCC2(CCCC2)C1. The predicted octanol–water partition coefficient (Wildman–Crippen LogP) is 2.95. The van der Waals surface area contributed by atoms with Crippen molar-refractivity contribution in [2.75, 3.05) is 46.3 Å². The van der Waals surface area contributed by atoms with E-state index >= 15 is 0 Å². The molecule has 22 heavy (non-hydrogen) atoms. The summed E-state index contributed by atoms with van der Waals surface area (Å²) in [5.41, 5.74) is 0.625. The summed E-state index contributed by atoms with van der Waals surface area (Å²) < 4.78 is 0. The van der Waals surface area contributed by atoms with E-state index in [4.69, 9.17) is 0 Å². The first-order valence-corrected chi connectivity index (χ1v) is 9.41. The summed E-state index contributed by atoms with van der Waals surface area (Å²) >= 11 is 0. The fourth-order valence-electron chi connectivity index (χ4n) is 4.18. The fraction of sp³-hybridized carbons (Fsp3) is 0.944. The zero-order valence-electron chi connectivity index (χ0n) is 15.0. The van der Waals surface area contributed by atoms with Gasteiger partial charge in [-0.2, -0.15) is 0 Å². The summed E-state index contributed by atoms with van der Waals surface area (Å²) in [6.45, 7) is 11.5. The maximum absolute atomic E-state index is 4.51. The molecule has 4 nitrogen and oxygen atoms in total. The van der Waals surface area contributed by atoms with Gasteiger partial charge in [0.1, 0.15) is 0 Å². The van der Waals surface area contributed by atoms with Crippen molar-refractivity contribution in [1.29, 1.82) is 0 Å². The quantitative estimate of drug-likeness (QED) is 0.446. The summed E-state index contributed by atoms with van der Waals surface area (Å²) in [6, 6.07) is 0. The molecule has 0 aromatic carbocycles. The number of likely N-dealkylation sites (tertiary alicyclic amines) is 1. The first-order chi connectivity index (χ1) is 10.7. The van der Waals surface area contributed by atoms with Crippen molar-refractivity contribution < 1.29 is 0 Å². The van der Waals surface area contributed by atoms with E-state index in [1.54, 1.807) is 0 Å². The van der Waals surface area contributed by atoms with E-state index in [0.717, 1.165) is 12.5 Å². The predicted molar refractivity (Wildman–Crippen MR) is 95.5 cm³/mol. The first kappa shape index (κ1) is 17.6. The second-order valence-corrected chi connectivity index (χ2v) is 7.09. The molecule has 128 valence electrons. The van der Waals surface area contributed by atoms with Crippen molar-refractivity contribution in [2.45, 2.75) is 58.8 Å². The highest BCUT2D eigenvalue weighted by Crippen LogP contribution is 2.45. The smallest absolute Gasteiger partial charge is 0.193 e. The van der Waals surface area contributed by atoms with Gasteiger partial charge in [-0.05, 0) is 57.2 Å². The normalized spacial score (nSPS) is 21.3. The van der Waals surface area contributed by atoms with Gasteiger partial charge < -0.3 is 15.1 Å². The second kappa shape index (κ2) is 8.76. The molecule has 0 radical (unpaired) electrons. The number of hydrogen-bond donors (Lipinski definition) is 1. The molecule has 1 N–H and O–H groups in total. The minimum absolute atomic E-state index is 0.625. The molecule has 0 bridgehead atoms. The molecule has 2 aliphatic rings. The summed E-state index contributed by atoms with van der Waals surface area (Å²) in [5.74, 6) is 1.13. The van der Waals surface area contributed by atoms with Crippen LogP contribution in [0.5, 0.6) is 0 Å². The van der Waals surface area contributed by atoms with E-state index < -0.39 is 0 Å². The lowest BCUT2D eigenvalue weighted by atomic mass is 9.86. The van der Waals surface area contributed by atoms with Gasteiger partial charge in [0, 0.05) is 26.7 Å². The third kappa shape index (κ3) is 4.61. The first-order valence-electron chi connectivity index (χ1n) is 9.41. The van der Waals surface area contributed by atoms with Gasteiger partial charge in [0.25, 0.3) is 0 Å². The molecule has 0 atom stereocenters. The van der Waals surface area contributed by atoms with Crippen molar-refractivity contribution in [3.63, 3.8) is 0 Å². The number of guanidine groups is 1. The van der Waals surface area contributed by atoms with Crippen LogP contribution in [0.2, 0.25) is 0 Å². The van der Waals surface area contributed by atoms with Crippen LogP contribution in [0, 0.1) is 5.41 Å². The molecule has 2 rings (SSSR count). The Morgan fingerprint density at radius 2 is 1.86 bits per heavy atom. The Balaban J connectivity index is 1.66. The van der Waals surface area contributed by atoms with Crippen LogP contribution in [0.3, 0.4) is 0 Å². The van der Waals surface area contributed by atoms with Crippen LogP contribution in [0.25, 0.3) is 0 Å². The highest BCUT2D eigenvalue weighted by molar-refractivity contribution is 5.80. The Bertz CT molecular complexity index is 343. The molecule has 1 saturated heterocycles. The van der Waals surface area contributed by atoms with E-state index in [0.29, 0.717) is 5.41 Å². The van der Waals surface area contributed by atoms with Crippen LogP contribution in [0.15, 0.2) is 4.99 Å². The summed E-state index contributed by atoms with van der Waals surface area (Å²) in [4.78, 5) is 9.51. The van der Waals surface area contributed by atoms with E-state index in [1.807, 2.05) is 7.05 Å². The van der Waals surface area contributed by atoms with Crippen molar-refractivity contribution in [1.82, 2.24) is 15.1 Å². The van der Waals surface area contributed by atoms with Gasteiger partial charge in [-0.15, -0.1) is 0 Å². The van der Waals surface area contributed by atoms with Crippen LogP contribution in [0.4, 0.5) is 0 Å². The monoisotopic (exact) mass is 308 g/mol. The molecule has 1 heterocycles. The highest BCUT2D eigenvalue weighted by atomic mass is 15.3. The van der Waals surface area contributed by atoms with Gasteiger partial charge in [0.2, 0.25) is 0 Å². The highest BCUT2D eigenvalue weighted by Gasteiger charge is 2.40. The van der Waals surface area contributed by atoms with Gasteiger partial charge in [0.05, 0.1) is 0 Å². The number of unbranched alkanes of at least 4 members (excludes halogenated alkanes) is 1. The average molecular weight is 309 g/mol. The molecule has 1 spiro atoms. The molecule has 4 heteroatoms. The molecule has 1 aliphatic carbocycles. The Morgan fingerprint density at radius 1 is 1.14 bits per heavy atom. The molecule has 0 aromatic heterocycles. The van der Waals surface area contributed by atoms with Crippen molar-refractivity contribution in [3.05, 3.63) is 0 Å². The number of nitrogens with zero attached hydrogens (tertiary/aromatic N) is 3. The largest absolute Gasteiger partial charge is 0.356 e. The lowest BCUT2D eigenvalue weighted by Crippen LogP contribution is -2.41. The topological polar surface area (TPSA) is 30.9 Å². The van der Waals surface area contributed by atoms with Crippen LogP contribution in [-0.4, -0.2) is 62.1 Å². The van der Waals surface area contributed by atoms with Crippen molar-refractivity contribution in [2.24, 2.45) is 10.4 Å². The number of rotatable bonds is 7. The molecule has 1 saturated carbocycles. The van der Waals surface area contributed by atoms with Crippen LogP contribution in [0.1, 0.15) is 58.8 Å². The molecule has 0 unspecified atom stereocenters. The van der Waals surface area contributed by atoms with Crippen molar-refractivity contribution in [3.8, 4) is 0 Å². The standard InChI is InChI=1S/C18H36N4/c1-4-21(5-2)14-9-8-13-20-17(19-3)22-15-12-18(16-22)10-6-7-11-18/h4-16H2,1-3H3,(H,19,20). The van der Waals surface area contributed by atoms with Gasteiger partial charge >= 0.3 is 0 Å². The Hall–Kier alpha value is -0.770. The summed E-state index contributed by atoms with van der Waals surface area (Å²) in [5, 5.41) is 3.58. The van der Waals surface area contributed by atoms with E-state index in [9.17, 15) is 0 Å². The third-order valence-electron chi connectivity index (χ3n) is 5.69. The minimum Gasteiger partial charge on any atom is -0.356 e. The van der Waals surface area contributed by atoms with E-state index in [2.05, 4.69) is 34.0 Å². The van der Waals surface area contributed by atoms with Crippen LogP contribution >= 0.6 is 0 Å². The van der Waals surface area contributed by atoms with E-state index in [-0.39, 0.29) is 0 Å². The fourth-order valence-corrected chi connectivity index (χ4v) is 4.18. The molecular weight excluding hydrogens is 272 g/mol. The zero-order valence-corrected chi connectivity index (χ0v) is 15.0. The summed E-state index contributed by atoms with van der Waals surface area (Å²) in [6.07, 6.45) is 9.62. The molecular formula is C18H36N4. The Morgan fingerprint density at radius 3 is 2.50 bits per heavy atom. The Kier molecular flexibility index (Phi) is 7.00. The number of nitrogens with one attached hydrogen (secondary N) is 1. The minimum atomic E-state index is 0.625. The van der Waals surface area contributed by atoms with E-state index in [1.165, 1.54) is 77.7 Å². The maximum atomic E-state index is 4.51. The Labute approximate surface area is 137 Å². The molecule has 0 aromatic rings. The lowest BCUT2D eigenvalue weighted by molar-refractivity contribution is 0.296. The van der Waals surface area contributed by atoms with Crippen molar-refractivity contribution >= 4 is 5.96 Å². The molecule has 1 aliphatic heterocycles. The third-order valence-corrected chi connectivity index (χ3v) is 5.69. The van der Waals surface area contributed by atoms with Gasteiger partial charge in [-0.25, -0.2) is 0 Å². The number of hydrogen-bond acceptors (Lipinski definition) is 2. The molecule has 0 amide bonds.